The maximum atomic E-state index is 13.1. The molecule has 0 spiro atoms. The summed E-state index contributed by atoms with van der Waals surface area (Å²) in [7, 11) is 0. The first kappa shape index (κ1) is 21.4. The quantitative estimate of drug-likeness (QED) is 0.306. The van der Waals surface area contributed by atoms with Gasteiger partial charge in [-0.05, 0) is 57.7 Å². The molecular formula is C25H21BrN2O2S. The molecular weight excluding hydrogens is 472 g/mol. The van der Waals surface area contributed by atoms with E-state index in [1.54, 1.807) is 15.9 Å². The van der Waals surface area contributed by atoms with E-state index in [9.17, 15) is 4.79 Å². The number of benzene rings is 2. The molecule has 31 heavy (non-hydrogen) atoms. The van der Waals surface area contributed by atoms with Gasteiger partial charge in [-0.25, -0.2) is 4.79 Å². The Balaban J connectivity index is 1.89. The van der Waals surface area contributed by atoms with Gasteiger partial charge in [0, 0.05) is 15.8 Å². The van der Waals surface area contributed by atoms with Crippen LogP contribution in [0.25, 0.3) is 22.2 Å². The number of halogens is 1. The van der Waals surface area contributed by atoms with E-state index in [1.165, 1.54) is 5.56 Å². The van der Waals surface area contributed by atoms with Gasteiger partial charge in [-0.15, -0.1) is 17.8 Å². The van der Waals surface area contributed by atoms with Gasteiger partial charge in [0.05, 0.1) is 21.5 Å². The number of hydrogen-bond donors (Lipinski definition) is 0. The standard InChI is InChI=1S/C25H21BrN2O2S/c1-4-13-30-19-9-11-22-21(14-19)24(18-7-5-17(6-8-18)16(2)3)27-25(29)28(22)15-20-10-12-23(26)31-20/h1,5-12,14,16H,13,15H2,2-3H3. The summed E-state index contributed by atoms with van der Waals surface area (Å²) in [5, 5.41) is 0.849. The first-order chi connectivity index (χ1) is 15.0. The SMILES string of the molecule is C#CCOc1ccc2c(c1)c(-c1ccc(C(C)C)cc1)nc(=O)n2Cc1ccc(Br)s1. The predicted octanol–water partition coefficient (Wildman–Crippen LogP) is 6.07. The highest BCUT2D eigenvalue weighted by atomic mass is 79.9. The highest BCUT2D eigenvalue weighted by molar-refractivity contribution is 9.11. The lowest BCUT2D eigenvalue weighted by Gasteiger charge is -2.14. The highest BCUT2D eigenvalue weighted by Crippen LogP contribution is 2.31. The Labute approximate surface area is 193 Å². The molecule has 156 valence electrons. The normalized spacial score (nSPS) is 11.1. The van der Waals surface area contributed by atoms with Crippen LogP contribution in [0.3, 0.4) is 0 Å². The molecule has 4 rings (SSSR count). The van der Waals surface area contributed by atoms with Crippen LogP contribution in [0.1, 0.15) is 30.2 Å². The van der Waals surface area contributed by atoms with Crippen molar-refractivity contribution in [2.24, 2.45) is 0 Å². The second kappa shape index (κ2) is 9.09. The Morgan fingerprint density at radius 3 is 2.58 bits per heavy atom. The van der Waals surface area contributed by atoms with Crippen LogP contribution in [0.5, 0.6) is 5.75 Å². The first-order valence-corrected chi connectivity index (χ1v) is 11.5. The van der Waals surface area contributed by atoms with Gasteiger partial charge in [-0.2, -0.15) is 4.98 Å². The summed E-state index contributed by atoms with van der Waals surface area (Å²) >= 11 is 5.09. The molecule has 0 aliphatic rings. The summed E-state index contributed by atoms with van der Waals surface area (Å²) in [4.78, 5) is 18.6. The largest absolute Gasteiger partial charge is 0.481 e. The zero-order valence-corrected chi connectivity index (χ0v) is 19.7. The van der Waals surface area contributed by atoms with Gasteiger partial charge in [0.25, 0.3) is 0 Å². The Bertz CT molecular complexity index is 1330. The zero-order valence-electron chi connectivity index (χ0n) is 17.3. The average molecular weight is 493 g/mol. The Hall–Kier alpha value is -2.88. The third kappa shape index (κ3) is 4.58. The minimum Gasteiger partial charge on any atom is -0.481 e. The molecule has 2 aromatic heterocycles. The van der Waals surface area contributed by atoms with E-state index in [0.29, 0.717) is 23.9 Å². The number of terminal acetylenes is 1. The summed E-state index contributed by atoms with van der Waals surface area (Å²) < 4.78 is 8.37. The topological polar surface area (TPSA) is 44.1 Å². The molecule has 0 unspecified atom stereocenters. The van der Waals surface area contributed by atoms with Gasteiger partial charge in [0.15, 0.2) is 0 Å². The van der Waals surface area contributed by atoms with Crippen molar-refractivity contribution in [1.29, 1.82) is 0 Å². The molecule has 0 aliphatic heterocycles. The second-order valence-electron chi connectivity index (χ2n) is 7.48. The molecule has 0 saturated heterocycles. The van der Waals surface area contributed by atoms with Crippen LogP contribution in [0.2, 0.25) is 0 Å². The summed E-state index contributed by atoms with van der Waals surface area (Å²) in [5.74, 6) is 3.57. The maximum Gasteiger partial charge on any atom is 0.348 e. The molecule has 2 aromatic carbocycles. The summed E-state index contributed by atoms with van der Waals surface area (Å²) in [6.07, 6.45) is 5.34. The molecule has 4 aromatic rings. The van der Waals surface area contributed by atoms with Crippen molar-refractivity contribution in [3.63, 3.8) is 0 Å². The van der Waals surface area contributed by atoms with E-state index in [-0.39, 0.29) is 12.3 Å². The number of ether oxygens (including phenoxy) is 1. The highest BCUT2D eigenvalue weighted by Gasteiger charge is 2.15. The zero-order chi connectivity index (χ0) is 22.0. The molecule has 0 saturated carbocycles. The van der Waals surface area contributed by atoms with Crippen molar-refractivity contribution in [3.05, 3.63) is 79.3 Å². The first-order valence-electron chi connectivity index (χ1n) is 9.91. The molecule has 0 aliphatic carbocycles. The van der Waals surface area contributed by atoms with Gasteiger partial charge in [0.2, 0.25) is 0 Å². The fraction of sp³-hybridized carbons (Fsp3) is 0.200. The minimum absolute atomic E-state index is 0.181. The van der Waals surface area contributed by atoms with Crippen LogP contribution >= 0.6 is 27.3 Å². The molecule has 0 radical (unpaired) electrons. The van der Waals surface area contributed by atoms with Crippen molar-refractivity contribution in [2.75, 3.05) is 6.61 Å². The molecule has 0 bridgehead atoms. The minimum atomic E-state index is -0.280. The van der Waals surface area contributed by atoms with Crippen LogP contribution in [-0.2, 0) is 6.54 Å². The van der Waals surface area contributed by atoms with Crippen molar-refractivity contribution in [3.8, 4) is 29.4 Å². The smallest absolute Gasteiger partial charge is 0.348 e. The third-order valence-corrected chi connectivity index (χ3v) is 6.68. The Morgan fingerprint density at radius 2 is 1.94 bits per heavy atom. The van der Waals surface area contributed by atoms with Gasteiger partial charge < -0.3 is 4.74 Å². The van der Waals surface area contributed by atoms with Crippen molar-refractivity contribution in [2.45, 2.75) is 26.3 Å². The lowest BCUT2D eigenvalue weighted by atomic mass is 9.99. The van der Waals surface area contributed by atoms with E-state index in [4.69, 9.17) is 11.2 Å². The number of nitrogens with zero attached hydrogens (tertiary/aromatic N) is 2. The molecule has 0 atom stereocenters. The predicted molar refractivity (Wildman–Crippen MR) is 131 cm³/mol. The third-order valence-electron chi connectivity index (χ3n) is 5.07. The summed E-state index contributed by atoms with van der Waals surface area (Å²) in [6.45, 7) is 4.94. The van der Waals surface area contributed by atoms with Crippen molar-refractivity contribution >= 4 is 38.2 Å². The van der Waals surface area contributed by atoms with Gasteiger partial charge in [-0.3, -0.25) is 4.57 Å². The van der Waals surface area contributed by atoms with Crippen LogP contribution in [0.15, 0.2) is 63.2 Å². The number of rotatable bonds is 6. The molecule has 0 amide bonds. The van der Waals surface area contributed by atoms with E-state index in [2.05, 4.69) is 52.8 Å². The lowest BCUT2D eigenvalue weighted by Crippen LogP contribution is -2.24. The van der Waals surface area contributed by atoms with E-state index in [1.807, 2.05) is 42.5 Å². The van der Waals surface area contributed by atoms with E-state index >= 15 is 0 Å². The number of fused-ring (bicyclic) bond motifs is 1. The van der Waals surface area contributed by atoms with Gasteiger partial charge in [-0.1, -0.05) is 44.0 Å². The van der Waals surface area contributed by atoms with Crippen LogP contribution < -0.4 is 10.4 Å². The molecule has 0 N–H and O–H groups in total. The molecule has 4 nitrogen and oxygen atoms in total. The Morgan fingerprint density at radius 1 is 1.16 bits per heavy atom. The average Bonchev–Trinajstić information content (AvgIpc) is 3.18. The number of aromatic nitrogens is 2. The van der Waals surface area contributed by atoms with Crippen LogP contribution in [-0.4, -0.2) is 16.2 Å². The second-order valence-corrected chi connectivity index (χ2v) is 10.0. The van der Waals surface area contributed by atoms with Crippen molar-refractivity contribution in [1.82, 2.24) is 9.55 Å². The molecule has 0 fully saturated rings. The fourth-order valence-corrected chi connectivity index (χ4v) is 4.94. The molecule has 2 heterocycles. The van der Waals surface area contributed by atoms with Gasteiger partial charge in [0.1, 0.15) is 12.4 Å². The van der Waals surface area contributed by atoms with E-state index in [0.717, 1.165) is 25.1 Å². The number of hydrogen-bond acceptors (Lipinski definition) is 4. The van der Waals surface area contributed by atoms with Gasteiger partial charge >= 0.3 is 5.69 Å². The Kier molecular flexibility index (Phi) is 6.26. The molecule has 6 heteroatoms. The monoisotopic (exact) mass is 492 g/mol. The maximum absolute atomic E-state index is 13.1. The van der Waals surface area contributed by atoms with Crippen LogP contribution in [0, 0.1) is 12.3 Å². The summed E-state index contributed by atoms with van der Waals surface area (Å²) in [6, 6.07) is 17.9. The van der Waals surface area contributed by atoms with Crippen LogP contribution in [0.4, 0.5) is 0 Å². The fourth-order valence-electron chi connectivity index (χ4n) is 3.47. The lowest BCUT2D eigenvalue weighted by molar-refractivity contribution is 0.371. The van der Waals surface area contributed by atoms with Crippen molar-refractivity contribution < 1.29 is 4.74 Å². The summed E-state index contributed by atoms with van der Waals surface area (Å²) in [5.41, 5.74) is 3.30. The van der Waals surface area contributed by atoms with E-state index < -0.39 is 0 Å². The number of thiophene rings is 1.